The van der Waals surface area contributed by atoms with Crippen LogP contribution in [-0.2, 0) is 0 Å². The van der Waals surface area contributed by atoms with Gasteiger partial charge in [-0.2, -0.15) is 0 Å². The van der Waals surface area contributed by atoms with E-state index < -0.39 is 12.0 Å². The Morgan fingerprint density at radius 2 is 2.00 bits per heavy atom. The van der Waals surface area contributed by atoms with Crippen LogP contribution in [0.2, 0.25) is 0 Å². The maximum Gasteiger partial charge on any atom is 0.248 e. The number of nitrogens with zero attached hydrogens (tertiary/aromatic N) is 1. The van der Waals surface area contributed by atoms with Gasteiger partial charge in [0.05, 0.1) is 6.10 Å². The normalized spacial score (nSPS) is 11.9. The summed E-state index contributed by atoms with van der Waals surface area (Å²) in [6.07, 6.45) is 0.984. The van der Waals surface area contributed by atoms with E-state index in [4.69, 9.17) is 10.5 Å². The lowest BCUT2D eigenvalue weighted by Gasteiger charge is -2.08. The summed E-state index contributed by atoms with van der Waals surface area (Å²) in [7, 11) is 0. The summed E-state index contributed by atoms with van der Waals surface area (Å²) in [5.41, 5.74) is 6.29. The molecule has 0 saturated carbocycles. The number of primary amides is 1. The zero-order valence-corrected chi connectivity index (χ0v) is 10.4. The van der Waals surface area contributed by atoms with E-state index in [2.05, 4.69) is 4.98 Å². The molecule has 0 aliphatic rings. The number of aliphatic hydroxyl groups is 1. The molecule has 0 aliphatic carbocycles. The molecule has 0 saturated heterocycles. The van der Waals surface area contributed by atoms with E-state index in [0.717, 1.165) is 5.56 Å². The zero-order chi connectivity index (χ0) is 13.8. The average Bonchev–Trinajstić information content (AvgIpc) is 2.39. The predicted molar refractivity (Wildman–Crippen MR) is 69.9 cm³/mol. The first-order valence-electron chi connectivity index (χ1n) is 5.78. The lowest BCUT2D eigenvalue weighted by Crippen LogP contribution is -2.10. The fraction of sp³-hybridized carbons (Fsp3) is 0.143. The van der Waals surface area contributed by atoms with Crippen LogP contribution in [0.15, 0.2) is 42.6 Å². The number of carbonyl (C=O) groups is 1. The molecule has 3 N–H and O–H groups in total. The van der Waals surface area contributed by atoms with Crippen LogP contribution < -0.4 is 10.5 Å². The van der Waals surface area contributed by atoms with Crippen molar-refractivity contribution in [3.63, 3.8) is 0 Å². The van der Waals surface area contributed by atoms with E-state index in [1.54, 1.807) is 49.5 Å². The number of hydrogen-bond acceptors (Lipinski definition) is 4. The molecular weight excluding hydrogens is 244 g/mol. The molecule has 0 fully saturated rings. The van der Waals surface area contributed by atoms with Gasteiger partial charge in [-0.05, 0) is 42.8 Å². The van der Waals surface area contributed by atoms with Crippen LogP contribution in [0.25, 0.3) is 0 Å². The third-order valence-corrected chi connectivity index (χ3v) is 2.60. The summed E-state index contributed by atoms with van der Waals surface area (Å²) in [5.74, 6) is 0.436. The number of aliphatic hydroxyl groups excluding tert-OH is 1. The molecule has 1 heterocycles. The number of carbonyl (C=O) groups excluding carboxylic acids is 1. The SMILES string of the molecule is C[C@@H](O)c1ccnc(Oc2ccc(C(N)=O)cc2)c1. The van der Waals surface area contributed by atoms with E-state index >= 15 is 0 Å². The van der Waals surface area contributed by atoms with Crippen molar-refractivity contribution >= 4 is 5.91 Å². The Kier molecular flexibility index (Phi) is 3.77. The quantitative estimate of drug-likeness (QED) is 0.878. The van der Waals surface area contributed by atoms with Crippen LogP contribution in [0, 0.1) is 0 Å². The highest BCUT2D eigenvalue weighted by Crippen LogP contribution is 2.22. The number of amides is 1. The lowest BCUT2D eigenvalue weighted by atomic mass is 10.2. The standard InChI is InChI=1S/C14H14N2O3/c1-9(17)11-6-7-16-13(8-11)19-12-4-2-10(3-5-12)14(15)18/h2-9,17H,1H3,(H2,15,18)/t9-/m1/s1. The Bertz CT molecular complexity index is 579. The molecule has 0 bridgehead atoms. The second-order valence-corrected chi connectivity index (χ2v) is 4.09. The van der Waals surface area contributed by atoms with Crippen molar-refractivity contribution in [2.24, 2.45) is 5.73 Å². The van der Waals surface area contributed by atoms with Crippen molar-refractivity contribution in [3.8, 4) is 11.6 Å². The second-order valence-electron chi connectivity index (χ2n) is 4.09. The average molecular weight is 258 g/mol. The van der Waals surface area contributed by atoms with Crippen molar-refractivity contribution in [2.45, 2.75) is 13.0 Å². The molecule has 19 heavy (non-hydrogen) atoms. The van der Waals surface area contributed by atoms with E-state index in [9.17, 15) is 9.90 Å². The first kappa shape index (κ1) is 13.0. The Morgan fingerprint density at radius 1 is 1.32 bits per heavy atom. The number of nitrogens with two attached hydrogens (primary N) is 1. The van der Waals surface area contributed by atoms with Gasteiger partial charge in [-0.1, -0.05) is 0 Å². The highest BCUT2D eigenvalue weighted by atomic mass is 16.5. The molecule has 1 aromatic carbocycles. The summed E-state index contributed by atoms with van der Waals surface area (Å²) in [6, 6.07) is 9.81. The highest BCUT2D eigenvalue weighted by molar-refractivity contribution is 5.92. The van der Waals surface area contributed by atoms with Gasteiger partial charge in [0, 0.05) is 17.8 Å². The number of hydrogen-bond donors (Lipinski definition) is 2. The summed E-state index contributed by atoms with van der Waals surface area (Å²) >= 11 is 0. The van der Waals surface area contributed by atoms with Crippen LogP contribution in [0.3, 0.4) is 0 Å². The summed E-state index contributed by atoms with van der Waals surface area (Å²) in [4.78, 5) is 15.0. The van der Waals surface area contributed by atoms with Gasteiger partial charge in [0.1, 0.15) is 5.75 Å². The third kappa shape index (κ3) is 3.29. The number of aromatic nitrogens is 1. The summed E-state index contributed by atoms with van der Waals surface area (Å²) in [6.45, 7) is 1.67. The second kappa shape index (κ2) is 5.49. The van der Waals surface area contributed by atoms with Gasteiger partial charge in [0.2, 0.25) is 11.8 Å². The third-order valence-electron chi connectivity index (χ3n) is 2.60. The molecule has 98 valence electrons. The fourth-order valence-corrected chi connectivity index (χ4v) is 1.55. The fourth-order valence-electron chi connectivity index (χ4n) is 1.55. The first-order valence-corrected chi connectivity index (χ1v) is 5.78. The Hall–Kier alpha value is -2.40. The topological polar surface area (TPSA) is 85.4 Å². The van der Waals surface area contributed by atoms with E-state index in [0.29, 0.717) is 17.2 Å². The molecule has 0 unspecified atom stereocenters. The number of rotatable bonds is 4. The minimum Gasteiger partial charge on any atom is -0.439 e. The molecule has 1 aromatic heterocycles. The molecule has 5 nitrogen and oxygen atoms in total. The first-order chi connectivity index (χ1) is 9.06. The predicted octanol–water partition coefficient (Wildman–Crippen LogP) is 2.03. The smallest absolute Gasteiger partial charge is 0.248 e. The van der Waals surface area contributed by atoms with Gasteiger partial charge in [-0.15, -0.1) is 0 Å². The van der Waals surface area contributed by atoms with E-state index in [1.165, 1.54) is 0 Å². The van der Waals surface area contributed by atoms with Gasteiger partial charge in [-0.3, -0.25) is 4.79 Å². The van der Waals surface area contributed by atoms with E-state index in [1.807, 2.05) is 0 Å². The van der Waals surface area contributed by atoms with Gasteiger partial charge >= 0.3 is 0 Å². The van der Waals surface area contributed by atoms with Crippen molar-refractivity contribution < 1.29 is 14.6 Å². The van der Waals surface area contributed by atoms with Gasteiger partial charge in [0.25, 0.3) is 0 Å². The van der Waals surface area contributed by atoms with Gasteiger partial charge < -0.3 is 15.6 Å². The van der Waals surface area contributed by atoms with Crippen LogP contribution in [0.5, 0.6) is 11.6 Å². The molecule has 0 aliphatic heterocycles. The Labute approximate surface area is 110 Å². The maximum atomic E-state index is 10.9. The van der Waals surface area contributed by atoms with Gasteiger partial charge in [-0.25, -0.2) is 4.98 Å². The molecule has 5 heteroatoms. The number of ether oxygens (including phenoxy) is 1. The largest absolute Gasteiger partial charge is 0.439 e. The maximum absolute atomic E-state index is 10.9. The number of pyridine rings is 1. The molecule has 0 radical (unpaired) electrons. The van der Waals surface area contributed by atoms with Crippen LogP contribution >= 0.6 is 0 Å². The van der Waals surface area contributed by atoms with E-state index in [-0.39, 0.29) is 0 Å². The van der Waals surface area contributed by atoms with Crippen molar-refractivity contribution in [3.05, 3.63) is 53.7 Å². The Morgan fingerprint density at radius 3 is 2.58 bits per heavy atom. The van der Waals surface area contributed by atoms with Crippen molar-refractivity contribution in [1.29, 1.82) is 0 Å². The van der Waals surface area contributed by atoms with Crippen molar-refractivity contribution in [1.82, 2.24) is 4.98 Å². The Balaban J connectivity index is 2.16. The zero-order valence-electron chi connectivity index (χ0n) is 10.4. The molecule has 2 rings (SSSR count). The molecule has 1 amide bonds. The molecule has 0 spiro atoms. The minimum absolute atomic E-state index is 0.380. The minimum atomic E-state index is -0.581. The highest BCUT2D eigenvalue weighted by Gasteiger charge is 2.05. The van der Waals surface area contributed by atoms with Crippen LogP contribution in [0.1, 0.15) is 28.9 Å². The lowest BCUT2D eigenvalue weighted by molar-refractivity contribution is 0.100. The molecule has 2 aromatic rings. The summed E-state index contributed by atoms with van der Waals surface area (Å²) in [5, 5.41) is 9.48. The molecular formula is C14H14N2O3. The summed E-state index contributed by atoms with van der Waals surface area (Å²) < 4.78 is 5.53. The number of benzene rings is 1. The van der Waals surface area contributed by atoms with Crippen molar-refractivity contribution in [2.75, 3.05) is 0 Å². The van der Waals surface area contributed by atoms with Crippen LogP contribution in [0.4, 0.5) is 0 Å². The monoisotopic (exact) mass is 258 g/mol. The van der Waals surface area contributed by atoms with Gasteiger partial charge in [0.15, 0.2) is 0 Å². The molecule has 1 atom stereocenters. The van der Waals surface area contributed by atoms with Crippen LogP contribution in [-0.4, -0.2) is 16.0 Å².